The van der Waals surface area contributed by atoms with E-state index < -0.39 is 16.0 Å². The van der Waals surface area contributed by atoms with Gasteiger partial charge >= 0.3 is 5.97 Å². The number of anilines is 1. The molecule has 3 heterocycles. The summed E-state index contributed by atoms with van der Waals surface area (Å²) in [7, 11) is -3.98. The fourth-order valence-electron chi connectivity index (χ4n) is 2.55. The smallest absolute Gasteiger partial charge is 0.350 e. The molecule has 28 heavy (non-hydrogen) atoms. The summed E-state index contributed by atoms with van der Waals surface area (Å²) < 4.78 is 41.8. The first-order valence-electron chi connectivity index (χ1n) is 8.08. The van der Waals surface area contributed by atoms with Crippen LogP contribution in [0.15, 0.2) is 46.7 Å². The molecule has 7 nitrogen and oxygen atoms in total. The topological polar surface area (TPSA) is 98.2 Å². The average Bonchev–Trinajstić information content (AvgIpc) is 3.41. The van der Waals surface area contributed by atoms with Gasteiger partial charge in [-0.2, -0.15) is 8.75 Å². The molecule has 0 fully saturated rings. The van der Waals surface area contributed by atoms with E-state index in [0.717, 1.165) is 21.5 Å². The summed E-state index contributed by atoms with van der Waals surface area (Å²) in [5, 5.41) is 1.92. The maximum Gasteiger partial charge on any atom is 0.350 e. The molecule has 4 rings (SSSR count). The Morgan fingerprint density at radius 3 is 2.79 bits per heavy atom. The normalized spacial score (nSPS) is 11.6. The second kappa shape index (κ2) is 7.59. The number of thiophene rings is 2. The highest BCUT2D eigenvalue weighted by atomic mass is 32.2. The molecule has 0 aliphatic rings. The summed E-state index contributed by atoms with van der Waals surface area (Å²) in [6.07, 6.45) is 0. The van der Waals surface area contributed by atoms with E-state index in [1.165, 1.54) is 28.7 Å². The lowest BCUT2D eigenvalue weighted by molar-refractivity contribution is 0.0533. The van der Waals surface area contributed by atoms with E-state index in [4.69, 9.17) is 4.74 Å². The van der Waals surface area contributed by atoms with Crippen LogP contribution < -0.4 is 4.72 Å². The molecule has 144 valence electrons. The number of hydrogen-bond acceptors (Lipinski definition) is 9. The van der Waals surface area contributed by atoms with Crippen LogP contribution in [0.25, 0.3) is 20.8 Å². The number of nitrogens with zero attached hydrogens (tertiary/aromatic N) is 2. The molecule has 0 atom stereocenters. The van der Waals surface area contributed by atoms with E-state index in [-0.39, 0.29) is 22.1 Å². The summed E-state index contributed by atoms with van der Waals surface area (Å²) in [6.45, 7) is 1.90. The second-order valence-electron chi connectivity index (χ2n) is 5.54. The van der Waals surface area contributed by atoms with Gasteiger partial charge in [0.25, 0.3) is 10.0 Å². The van der Waals surface area contributed by atoms with Crippen molar-refractivity contribution in [3.05, 3.63) is 46.7 Å². The van der Waals surface area contributed by atoms with Gasteiger partial charge < -0.3 is 4.74 Å². The zero-order chi connectivity index (χ0) is 19.7. The molecule has 4 aromatic rings. The van der Waals surface area contributed by atoms with Gasteiger partial charge in [-0.15, -0.1) is 22.7 Å². The number of ether oxygens (including phenoxy) is 1. The third-order valence-corrected chi connectivity index (χ3v) is 7.86. The van der Waals surface area contributed by atoms with Crippen molar-refractivity contribution in [3.8, 4) is 9.75 Å². The third kappa shape index (κ3) is 3.53. The van der Waals surface area contributed by atoms with Crippen molar-refractivity contribution >= 4 is 67.1 Å². The Morgan fingerprint density at radius 2 is 2.04 bits per heavy atom. The van der Waals surface area contributed by atoms with Crippen molar-refractivity contribution in [2.45, 2.75) is 11.8 Å². The zero-order valence-electron chi connectivity index (χ0n) is 14.4. The molecule has 1 aromatic carbocycles. The zero-order valence-corrected chi connectivity index (χ0v) is 17.7. The molecule has 0 spiro atoms. The van der Waals surface area contributed by atoms with E-state index >= 15 is 0 Å². The van der Waals surface area contributed by atoms with E-state index in [1.807, 2.05) is 17.5 Å². The fraction of sp³-hybridized carbons (Fsp3) is 0.118. The maximum absolute atomic E-state index is 13.0. The van der Waals surface area contributed by atoms with Crippen LogP contribution in [0.1, 0.15) is 16.6 Å². The number of esters is 1. The predicted molar refractivity (Wildman–Crippen MR) is 112 cm³/mol. The highest BCUT2D eigenvalue weighted by molar-refractivity contribution is 7.93. The molecule has 0 saturated heterocycles. The number of benzene rings is 1. The van der Waals surface area contributed by atoms with Crippen LogP contribution >= 0.6 is 34.4 Å². The molecule has 3 aromatic heterocycles. The average molecular weight is 452 g/mol. The lowest BCUT2D eigenvalue weighted by atomic mass is 10.3. The molecule has 0 radical (unpaired) electrons. The summed E-state index contributed by atoms with van der Waals surface area (Å²) in [6, 6.07) is 10.2. The molecule has 1 N–H and O–H groups in total. The third-order valence-electron chi connectivity index (χ3n) is 3.74. The molecule has 0 aliphatic carbocycles. The minimum absolute atomic E-state index is 0.0115. The Hall–Kier alpha value is -2.34. The maximum atomic E-state index is 13.0. The number of aromatic nitrogens is 2. The molecular formula is C17H13N3O4S4. The quantitative estimate of drug-likeness (QED) is 0.435. The van der Waals surface area contributed by atoms with Crippen LogP contribution in [0.2, 0.25) is 0 Å². The lowest BCUT2D eigenvalue weighted by Gasteiger charge is -2.08. The Labute approximate surface area is 173 Å². The number of sulfonamides is 1. The molecule has 0 amide bonds. The van der Waals surface area contributed by atoms with E-state index in [0.29, 0.717) is 11.0 Å². The van der Waals surface area contributed by atoms with Crippen LogP contribution in [0.3, 0.4) is 0 Å². The van der Waals surface area contributed by atoms with E-state index in [2.05, 4.69) is 13.5 Å². The van der Waals surface area contributed by atoms with Gasteiger partial charge in [-0.25, -0.2) is 13.2 Å². The highest BCUT2D eigenvalue weighted by Crippen LogP contribution is 2.38. The summed E-state index contributed by atoms with van der Waals surface area (Å²) in [5.41, 5.74) is 0.988. The van der Waals surface area contributed by atoms with Crippen molar-refractivity contribution in [1.29, 1.82) is 0 Å². The molecule has 0 saturated carbocycles. The monoisotopic (exact) mass is 451 g/mol. The second-order valence-corrected chi connectivity index (χ2v) is 9.72. The number of rotatable bonds is 6. The minimum Gasteiger partial charge on any atom is -0.462 e. The van der Waals surface area contributed by atoms with Gasteiger partial charge in [-0.1, -0.05) is 12.1 Å². The number of fused-ring (bicyclic) bond motifs is 1. The van der Waals surface area contributed by atoms with Crippen molar-refractivity contribution in [2.75, 3.05) is 11.3 Å². The van der Waals surface area contributed by atoms with Crippen LogP contribution in [0, 0.1) is 0 Å². The molecule has 0 bridgehead atoms. The van der Waals surface area contributed by atoms with Gasteiger partial charge in [0.2, 0.25) is 0 Å². The van der Waals surface area contributed by atoms with Crippen molar-refractivity contribution in [2.24, 2.45) is 0 Å². The fourth-order valence-corrected chi connectivity index (χ4v) is 6.28. The first kappa shape index (κ1) is 19.0. The van der Waals surface area contributed by atoms with E-state index in [1.54, 1.807) is 25.1 Å². The lowest BCUT2D eigenvalue weighted by Crippen LogP contribution is -2.15. The first-order chi connectivity index (χ1) is 13.5. The minimum atomic E-state index is -3.98. The standard InChI is InChI=1S/C17H13N3O4S4/c1-2-24-17(21)16-11(9-13(26-16)12-6-4-8-25-12)20-28(22,23)14-7-3-5-10-15(14)19-27-18-10/h3-9,20H,2H2,1H3. The van der Waals surface area contributed by atoms with Crippen molar-refractivity contribution < 1.29 is 17.9 Å². The van der Waals surface area contributed by atoms with Gasteiger partial charge in [-0.05, 0) is 36.6 Å². The number of carbonyl (C=O) groups excluding carboxylic acids is 1. The van der Waals surface area contributed by atoms with Gasteiger partial charge in [0.15, 0.2) is 0 Å². The highest BCUT2D eigenvalue weighted by Gasteiger charge is 2.25. The van der Waals surface area contributed by atoms with Gasteiger partial charge in [0.1, 0.15) is 20.8 Å². The molecule has 0 unspecified atom stereocenters. The number of nitrogens with one attached hydrogen (secondary N) is 1. The van der Waals surface area contributed by atoms with Crippen LogP contribution in [0.4, 0.5) is 5.69 Å². The largest absolute Gasteiger partial charge is 0.462 e. The van der Waals surface area contributed by atoms with Gasteiger partial charge in [-0.3, -0.25) is 4.72 Å². The van der Waals surface area contributed by atoms with Crippen molar-refractivity contribution in [3.63, 3.8) is 0 Å². The summed E-state index contributed by atoms with van der Waals surface area (Å²) in [5.74, 6) is -0.568. The van der Waals surface area contributed by atoms with Crippen LogP contribution in [-0.4, -0.2) is 29.7 Å². The Balaban J connectivity index is 1.77. The molecular weight excluding hydrogens is 438 g/mol. The van der Waals surface area contributed by atoms with E-state index in [9.17, 15) is 13.2 Å². The van der Waals surface area contributed by atoms with Gasteiger partial charge in [0, 0.05) is 9.75 Å². The molecule has 0 aliphatic heterocycles. The Bertz CT molecular complexity index is 1240. The number of carbonyl (C=O) groups is 1. The predicted octanol–water partition coefficient (Wildman–Crippen LogP) is 4.46. The first-order valence-corrected chi connectivity index (χ1v) is 12.0. The number of hydrogen-bond donors (Lipinski definition) is 1. The van der Waals surface area contributed by atoms with Crippen LogP contribution in [0.5, 0.6) is 0 Å². The van der Waals surface area contributed by atoms with Crippen molar-refractivity contribution in [1.82, 2.24) is 8.75 Å². The summed E-state index contributed by atoms with van der Waals surface area (Å²) in [4.78, 5) is 14.3. The van der Waals surface area contributed by atoms with Gasteiger partial charge in [0.05, 0.1) is 24.0 Å². The molecule has 11 heteroatoms. The Kier molecular flexibility index (Phi) is 5.15. The Morgan fingerprint density at radius 1 is 1.18 bits per heavy atom. The van der Waals surface area contributed by atoms with Crippen LogP contribution in [-0.2, 0) is 14.8 Å². The summed E-state index contributed by atoms with van der Waals surface area (Å²) >= 11 is 3.64. The SMILES string of the molecule is CCOC(=O)c1sc(-c2cccs2)cc1NS(=O)(=O)c1cccc2nsnc12.